The molecule has 0 heterocycles. The third-order valence-electron chi connectivity index (χ3n) is 4.88. The number of halogens is 1. The summed E-state index contributed by atoms with van der Waals surface area (Å²) in [6, 6.07) is 13.1. The number of amides is 2. The molecular weight excluding hydrogens is 383 g/mol. The maximum atomic E-state index is 13.8. The number of unbranched alkanes of at least 4 members (excludes halogenated alkanes) is 1. The molecule has 1 N–H and O–H groups in total. The van der Waals surface area contributed by atoms with E-state index in [9.17, 15) is 14.0 Å². The second-order valence-corrected chi connectivity index (χ2v) is 7.29. The van der Waals surface area contributed by atoms with Crippen LogP contribution >= 0.6 is 0 Å². The molecule has 6 heteroatoms. The van der Waals surface area contributed by atoms with Gasteiger partial charge in [-0.2, -0.15) is 0 Å². The van der Waals surface area contributed by atoms with E-state index < -0.39 is 11.9 Å². The lowest BCUT2D eigenvalue weighted by Crippen LogP contribution is -2.50. The van der Waals surface area contributed by atoms with Gasteiger partial charge in [0.2, 0.25) is 5.91 Å². The van der Waals surface area contributed by atoms with E-state index in [0.29, 0.717) is 13.0 Å². The van der Waals surface area contributed by atoms with Gasteiger partial charge in [-0.3, -0.25) is 9.59 Å². The summed E-state index contributed by atoms with van der Waals surface area (Å²) in [6.45, 7) is 6.42. The minimum Gasteiger partial charge on any atom is -0.481 e. The summed E-state index contributed by atoms with van der Waals surface area (Å²) in [4.78, 5) is 27.3. The number of aryl methyl sites for hydroxylation is 1. The molecule has 2 aromatic carbocycles. The highest BCUT2D eigenvalue weighted by atomic mass is 19.1. The maximum absolute atomic E-state index is 13.8. The fourth-order valence-corrected chi connectivity index (χ4v) is 3.10. The van der Waals surface area contributed by atoms with Gasteiger partial charge in [0.1, 0.15) is 6.04 Å². The molecule has 30 heavy (non-hydrogen) atoms. The van der Waals surface area contributed by atoms with Crippen molar-refractivity contribution in [2.24, 2.45) is 0 Å². The second-order valence-electron chi connectivity index (χ2n) is 7.29. The van der Waals surface area contributed by atoms with E-state index in [4.69, 9.17) is 4.74 Å². The van der Waals surface area contributed by atoms with Crippen molar-refractivity contribution in [3.05, 3.63) is 65.5 Å². The van der Waals surface area contributed by atoms with Crippen molar-refractivity contribution in [2.45, 2.75) is 52.6 Å². The van der Waals surface area contributed by atoms with Gasteiger partial charge in [-0.05, 0) is 37.5 Å². The van der Waals surface area contributed by atoms with E-state index in [2.05, 4.69) is 12.2 Å². The van der Waals surface area contributed by atoms with Gasteiger partial charge in [0.15, 0.2) is 18.2 Å². The highest BCUT2D eigenvalue weighted by molar-refractivity contribution is 5.88. The predicted octanol–water partition coefficient (Wildman–Crippen LogP) is 4.24. The lowest BCUT2D eigenvalue weighted by atomic mass is 10.1. The van der Waals surface area contributed by atoms with Crippen LogP contribution in [0.1, 0.15) is 44.2 Å². The molecule has 0 fully saturated rings. The second kappa shape index (κ2) is 12.0. The lowest BCUT2D eigenvalue weighted by molar-refractivity contribution is -0.143. The van der Waals surface area contributed by atoms with E-state index in [1.807, 2.05) is 38.1 Å². The van der Waals surface area contributed by atoms with Gasteiger partial charge in [-0.25, -0.2) is 4.39 Å². The number of benzene rings is 2. The number of para-hydroxylation sites is 1. The van der Waals surface area contributed by atoms with Crippen LogP contribution in [0.2, 0.25) is 0 Å². The molecule has 0 aliphatic heterocycles. The van der Waals surface area contributed by atoms with Crippen molar-refractivity contribution in [1.29, 1.82) is 0 Å². The van der Waals surface area contributed by atoms with E-state index in [0.717, 1.165) is 24.0 Å². The number of hydrogen-bond donors (Lipinski definition) is 1. The zero-order valence-corrected chi connectivity index (χ0v) is 18.0. The van der Waals surface area contributed by atoms with Crippen LogP contribution < -0.4 is 10.1 Å². The molecule has 2 aromatic rings. The van der Waals surface area contributed by atoms with Gasteiger partial charge in [-0.1, -0.05) is 62.2 Å². The van der Waals surface area contributed by atoms with Crippen LogP contribution in [0, 0.1) is 12.7 Å². The SMILES string of the molecule is CCCCNC(=O)C(CC)N(Cc1ccc(C)cc1)C(=O)COc1ccccc1F. The van der Waals surface area contributed by atoms with Crippen LogP contribution in [0.25, 0.3) is 0 Å². The Bertz CT molecular complexity index is 823. The fraction of sp³-hybridized carbons (Fsp3) is 0.417. The monoisotopic (exact) mass is 414 g/mol. The topological polar surface area (TPSA) is 58.6 Å². The zero-order valence-electron chi connectivity index (χ0n) is 18.0. The van der Waals surface area contributed by atoms with Crippen LogP contribution in [0.5, 0.6) is 5.75 Å². The molecule has 2 rings (SSSR count). The normalized spacial score (nSPS) is 11.6. The van der Waals surface area contributed by atoms with Crippen LogP contribution in [-0.2, 0) is 16.1 Å². The summed E-state index contributed by atoms with van der Waals surface area (Å²) in [5.41, 5.74) is 2.03. The Balaban J connectivity index is 2.17. The lowest BCUT2D eigenvalue weighted by Gasteiger charge is -2.30. The molecule has 2 amide bonds. The molecule has 0 aromatic heterocycles. The molecule has 0 radical (unpaired) electrons. The van der Waals surface area contributed by atoms with Crippen LogP contribution in [0.15, 0.2) is 48.5 Å². The smallest absolute Gasteiger partial charge is 0.261 e. The van der Waals surface area contributed by atoms with E-state index in [-0.39, 0.29) is 30.7 Å². The summed E-state index contributed by atoms with van der Waals surface area (Å²) < 4.78 is 19.2. The average molecular weight is 415 g/mol. The summed E-state index contributed by atoms with van der Waals surface area (Å²) in [6.07, 6.45) is 2.32. The summed E-state index contributed by atoms with van der Waals surface area (Å²) in [5, 5.41) is 2.91. The molecule has 1 atom stereocenters. The summed E-state index contributed by atoms with van der Waals surface area (Å²) in [7, 11) is 0. The van der Waals surface area contributed by atoms with Crippen molar-refractivity contribution < 1.29 is 18.7 Å². The molecular formula is C24H31FN2O3. The van der Waals surface area contributed by atoms with Gasteiger partial charge in [0.25, 0.3) is 5.91 Å². The first-order valence-corrected chi connectivity index (χ1v) is 10.5. The number of carbonyl (C=O) groups excluding carboxylic acids is 2. The number of hydrogen-bond acceptors (Lipinski definition) is 3. The third kappa shape index (κ3) is 6.87. The first-order chi connectivity index (χ1) is 14.5. The van der Waals surface area contributed by atoms with Gasteiger partial charge < -0.3 is 15.0 Å². The Morgan fingerprint density at radius 2 is 1.80 bits per heavy atom. The largest absolute Gasteiger partial charge is 0.481 e. The van der Waals surface area contributed by atoms with Gasteiger partial charge in [-0.15, -0.1) is 0 Å². The Kier molecular flexibility index (Phi) is 9.32. The van der Waals surface area contributed by atoms with Crippen molar-refractivity contribution in [3.63, 3.8) is 0 Å². The Hall–Kier alpha value is -2.89. The molecule has 0 aliphatic rings. The highest BCUT2D eigenvalue weighted by Crippen LogP contribution is 2.17. The van der Waals surface area contributed by atoms with Crippen molar-refractivity contribution in [3.8, 4) is 5.75 Å². The van der Waals surface area contributed by atoms with Crippen LogP contribution in [-0.4, -0.2) is 35.9 Å². The molecule has 0 saturated carbocycles. The van der Waals surface area contributed by atoms with Crippen molar-refractivity contribution in [2.75, 3.05) is 13.2 Å². The molecule has 162 valence electrons. The molecule has 1 unspecified atom stereocenters. The molecule has 0 aliphatic carbocycles. The predicted molar refractivity (Wildman–Crippen MR) is 116 cm³/mol. The number of rotatable bonds is 11. The molecule has 0 spiro atoms. The number of nitrogens with one attached hydrogen (secondary N) is 1. The zero-order chi connectivity index (χ0) is 21.9. The standard InChI is InChI=1S/C24H31FN2O3/c1-4-6-15-26-24(29)21(5-2)27(16-19-13-11-18(3)12-14-19)23(28)17-30-22-10-8-7-9-20(22)25/h7-14,21H,4-6,15-17H2,1-3H3,(H,26,29). The number of ether oxygens (including phenoxy) is 1. The van der Waals surface area contributed by atoms with Crippen LogP contribution in [0.4, 0.5) is 4.39 Å². The molecule has 0 bridgehead atoms. The van der Waals surface area contributed by atoms with Gasteiger partial charge >= 0.3 is 0 Å². The Morgan fingerprint density at radius 1 is 1.10 bits per heavy atom. The first kappa shape index (κ1) is 23.4. The fourth-order valence-electron chi connectivity index (χ4n) is 3.10. The van der Waals surface area contributed by atoms with E-state index >= 15 is 0 Å². The highest BCUT2D eigenvalue weighted by Gasteiger charge is 2.28. The number of carbonyl (C=O) groups is 2. The van der Waals surface area contributed by atoms with Crippen molar-refractivity contribution in [1.82, 2.24) is 10.2 Å². The minimum atomic E-state index is -0.625. The average Bonchev–Trinajstić information content (AvgIpc) is 2.74. The summed E-state index contributed by atoms with van der Waals surface area (Å²) in [5.74, 6) is -1.06. The Morgan fingerprint density at radius 3 is 2.43 bits per heavy atom. The molecule has 0 saturated heterocycles. The van der Waals surface area contributed by atoms with Crippen molar-refractivity contribution >= 4 is 11.8 Å². The van der Waals surface area contributed by atoms with E-state index in [1.54, 1.807) is 12.1 Å². The Labute approximate surface area is 178 Å². The van der Waals surface area contributed by atoms with Gasteiger partial charge in [0.05, 0.1) is 0 Å². The minimum absolute atomic E-state index is 0.0154. The van der Waals surface area contributed by atoms with Gasteiger partial charge in [0, 0.05) is 13.1 Å². The maximum Gasteiger partial charge on any atom is 0.261 e. The van der Waals surface area contributed by atoms with E-state index in [1.165, 1.54) is 17.0 Å². The molecule has 5 nitrogen and oxygen atoms in total. The first-order valence-electron chi connectivity index (χ1n) is 10.5. The quantitative estimate of drug-likeness (QED) is 0.560. The number of nitrogens with zero attached hydrogens (tertiary/aromatic N) is 1. The third-order valence-corrected chi connectivity index (χ3v) is 4.88. The summed E-state index contributed by atoms with van der Waals surface area (Å²) >= 11 is 0. The van der Waals surface area contributed by atoms with Crippen LogP contribution in [0.3, 0.4) is 0 Å².